The average molecular weight is 482 g/mol. The Morgan fingerprint density at radius 1 is 1.04 bits per heavy atom. The lowest BCUT2D eigenvalue weighted by atomic mass is 10.0. The van der Waals surface area contributed by atoms with Gasteiger partial charge in [-0.05, 0) is 50.0 Å². The van der Waals surface area contributed by atoms with Crippen molar-refractivity contribution in [1.82, 2.24) is 4.72 Å². The van der Waals surface area contributed by atoms with Gasteiger partial charge >= 0.3 is 21.2 Å². The SMILES string of the molecule is CCCC(C#C[I+]c1ccccc1)CCNS(=O)(=O)c1ccc(C)cc1. The van der Waals surface area contributed by atoms with Gasteiger partial charge < -0.3 is 0 Å². The van der Waals surface area contributed by atoms with E-state index in [0.29, 0.717) is 11.4 Å². The normalized spacial score (nSPS) is 12.2. The van der Waals surface area contributed by atoms with Gasteiger partial charge in [0.15, 0.2) is 3.93 Å². The molecular formula is C21H25INO2S+. The predicted octanol–water partition coefficient (Wildman–Crippen LogP) is 0.999. The van der Waals surface area contributed by atoms with Gasteiger partial charge in [-0.2, -0.15) is 0 Å². The Morgan fingerprint density at radius 2 is 1.73 bits per heavy atom. The second kappa shape index (κ2) is 10.7. The van der Waals surface area contributed by atoms with Crippen LogP contribution in [-0.2, 0) is 10.0 Å². The molecule has 5 heteroatoms. The van der Waals surface area contributed by atoms with E-state index in [0.717, 1.165) is 24.8 Å². The summed E-state index contributed by atoms with van der Waals surface area (Å²) in [5, 5.41) is 0. The minimum absolute atomic E-state index is 0.240. The third-order valence-corrected chi connectivity index (χ3v) is 7.30. The van der Waals surface area contributed by atoms with E-state index in [1.807, 2.05) is 37.3 Å². The maximum atomic E-state index is 12.3. The summed E-state index contributed by atoms with van der Waals surface area (Å²) in [4.78, 5) is 0.316. The van der Waals surface area contributed by atoms with Crippen LogP contribution in [-0.4, -0.2) is 15.0 Å². The molecule has 1 unspecified atom stereocenters. The molecule has 0 radical (unpaired) electrons. The standard InChI is InChI=1S/C21H25INO2S/c1-3-7-19(14-16-22-20-8-5-4-6-9-20)15-17-23-26(24,25)21-12-10-18(2)11-13-21/h4-6,8-13,19,23H,3,7,15,17H2,1-2H3/q+1. The molecule has 0 bridgehead atoms. The van der Waals surface area contributed by atoms with E-state index in [9.17, 15) is 8.42 Å². The van der Waals surface area contributed by atoms with Crippen LogP contribution >= 0.6 is 0 Å². The fourth-order valence-electron chi connectivity index (χ4n) is 2.44. The quantitative estimate of drug-likeness (QED) is 0.451. The summed E-state index contributed by atoms with van der Waals surface area (Å²) in [6.45, 7) is 4.49. The molecule has 1 N–H and O–H groups in total. The molecule has 138 valence electrons. The predicted molar refractivity (Wildman–Crippen MR) is 102 cm³/mol. The van der Waals surface area contributed by atoms with Gasteiger partial charge in [-0.1, -0.05) is 49.2 Å². The van der Waals surface area contributed by atoms with Crippen LogP contribution in [0.4, 0.5) is 0 Å². The van der Waals surface area contributed by atoms with Crippen molar-refractivity contribution < 1.29 is 29.6 Å². The topological polar surface area (TPSA) is 46.2 Å². The number of benzene rings is 2. The monoisotopic (exact) mass is 482 g/mol. The molecule has 0 aliphatic carbocycles. The van der Waals surface area contributed by atoms with Crippen molar-refractivity contribution in [3.05, 3.63) is 63.7 Å². The third-order valence-electron chi connectivity index (χ3n) is 3.90. The first-order valence-electron chi connectivity index (χ1n) is 8.77. The summed E-state index contributed by atoms with van der Waals surface area (Å²) in [5.41, 5.74) is 1.05. The number of sulfonamides is 1. The summed E-state index contributed by atoms with van der Waals surface area (Å²) in [7, 11) is -3.44. The molecule has 2 aromatic rings. The van der Waals surface area contributed by atoms with Gasteiger partial charge in [-0.15, -0.1) is 0 Å². The Balaban J connectivity index is 1.89. The highest BCUT2D eigenvalue weighted by atomic mass is 127. The molecule has 3 nitrogen and oxygen atoms in total. The van der Waals surface area contributed by atoms with Gasteiger partial charge in [0.2, 0.25) is 13.6 Å². The number of aryl methyl sites for hydroxylation is 1. The number of rotatable bonds is 8. The number of hydrogen-bond donors (Lipinski definition) is 1. The highest BCUT2D eigenvalue weighted by molar-refractivity contribution is 7.89. The molecule has 0 aliphatic rings. The first-order valence-corrected chi connectivity index (χ1v) is 12.4. The minimum atomic E-state index is -3.44. The molecule has 2 aromatic carbocycles. The van der Waals surface area contributed by atoms with Crippen molar-refractivity contribution in [2.75, 3.05) is 6.54 Å². The Hall–Kier alpha value is -1.36. The maximum absolute atomic E-state index is 12.3. The van der Waals surface area contributed by atoms with Gasteiger partial charge in [-0.25, -0.2) is 13.1 Å². The molecule has 1 atom stereocenters. The van der Waals surface area contributed by atoms with Crippen LogP contribution in [0.1, 0.15) is 31.7 Å². The van der Waals surface area contributed by atoms with Crippen LogP contribution in [0, 0.1) is 26.3 Å². The Morgan fingerprint density at radius 3 is 2.38 bits per heavy atom. The summed E-state index contributed by atoms with van der Waals surface area (Å²) in [5.74, 6) is 3.61. The molecule has 0 heterocycles. The van der Waals surface area contributed by atoms with Crippen LogP contribution in [0.15, 0.2) is 59.5 Å². The Labute approximate surface area is 167 Å². The van der Waals surface area contributed by atoms with Gasteiger partial charge in [0.05, 0.1) is 4.90 Å². The second-order valence-electron chi connectivity index (χ2n) is 6.11. The number of nitrogens with one attached hydrogen (secondary N) is 1. The van der Waals surface area contributed by atoms with Crippen LogP contribution < -0.4 is 25.9 Å². The molecule has 0 fully saturated rings. The van der Waals surface area contributed by atoms with Gasteiger partial charge in [-0.3, -0.25) is 0 Å². The number of halogens is 1. The van der Waals surface area contributed by atoms with Gasteiger partial charge in [0.25, 0.3) is 0 Å². The lowest BCUT2D eigenvalue weighted by Gasteiger charge is -2.10. The molecular weight excluding hydrogens is 457 g/mol. The number of hydrogen-bond acceptors (Lipinski definition) is 2. The van der Waals surface area contributed by atoms with E-state index in [4.69, 9.17) is 0 Å². The van der Waals surface area contributed by atoms with Crippen LogP contribution in [0.25, 0.3) is 0 Å². The van der Waals surface area contributed by atoms with E-state index in [2.05, 4.69) is 33.6 Å². The van der Waals surface area contributed by atoms with Gasteiger partial charge in [0.1, 0.15) is 0 Å². The lowest BCUT2D eigenvalue weighted by Crippen LogP contribution is -3.59. The van der Waals surface area contributed by atoms with Crippen molar-refractivity contribution in [2.45, 2.75) is 38.0 Å². The highest BCUT2D eigenvalue weighted by Crippen LogP contribution is 2.12. The van der Waals surface area contributed by atoms with Gasteiger partial charge in [0, 0.05) is 12.5 Å². The largest absolute Gasteiger partial charge is 0.419 e. The minimum Gasteiger partial charge on any atom is -0.211 e. The lowest BCUT2D eigenvalue weighted by molar-refractivity contribution is -0.535. The van der Waals surface area contributed by atoms with Crippen molar-refractivity contribution in [2.24, 2.45) is 5.92 Å². The summed E-state index contributed by atoms with van der Waals surface area (Å²) >= 11 is -0.297. The zero-order valence-electron chi connectivity index (χ0n) is 15.2. The smallest absolute Gasteiger partial charge is 0.211 e. The Bertz CT molecular complexity index is 837. The zero-order valence-corrected chi connectivity index (χ0v) is 18.2. The van der Waals surface area contributed by atoms with E-state index >= 15 is 0 Å². The molecule has 0 saturated carbocycles. The summed E-state index contributed by atoms with van der Waals surface area (Å²) in [6.07, 6.45) is 2.79. The average Bonchev–Trinajstić information content (AvgIpc) is 2.63. The summed E-state index contributed by atoms with van der Waals surface area (Å²) in [6, 6.07) is 17.2. The molecule has 0 spiro atoms. The molecule has 26 heavy (non-hydrogen) atoms. The van der Waals surface area contributed by atoms with Crippen LogP contribution in [0.3, 0.4) is 0 Å². The van der Waals surface area contributed by atoms with Crippen molar-refractivity contribution >= 4 is 10.0 Å². The van der Waals surface area contributed by atoms with E-state index in [-0.39, 0.29) is 27.1 Å². The molecule has 0 aliphatic heterocycles. The van der Waals surface area contributed by atoms with E-state index < -0.39 is 10.0 Å². The fourth-order valence-corrected chi connectivity index (χ4v) is 5.17. The fraction of sp³-hybridized carbons (Fsp3) is 0.333. The molecule has 0 aromatic heterocycles. The first kappa shape index (κ1) is 20.9. The molecule has 0 saturated heterocycles. The maximum Gasteiger partial charge on any atom is 0.419 e. The highest BCUT2D eigenvalue weighted by Gasteiger charge is 2.15. The Kier molecular flexibility index (Phi) is 8.63. The van der Waals surface area contributed by atoms with Crippen LogP contribution in [0.5, 0.6) is 0 Å². The first-order chi connectivity index (χ1) is 12.5. The van der Waals surface area contributed by atoms with Crippen molar-refractivity contribution in [1.29, 1.82) is 0 Å². The second-order valence-corrected chi connectivity index (χ2v) is 10.2. The van der Waals surface area contributed by atoms with Crippen LogP contribution in [0.2, 0.25) is 0 Å². The zero-order chi connectivity index (χ0) is 18.8. The van der Waals surface area contributed by atoms with E-state index in [1.54, 1.807) is 12.1 Å². The van der Waals surface area contributed by atoms with Crippen molar-refractivity contribution in [3.8, 4) is 9.85 Å². The molecule has 2 rings (SSSR count). The third kappa shape index (κ3) is 7.10. The molecule has 0 amide bonds. The van der Waals surface area contributed by atoms with Crippen molar-refractivity contribution in [3.63, 3.8) is 0 Å². The van der Waals surface area contributed by atoms with E-state index in [1.165, 1.54) is 3.57 Å². The summed E-state index contributed by atoms with van der Waals surface area (Å²) < 4.78 is 32.1.